The molecule has 1 unspecified atom stereocenters. The van der Waals surface area contributed by atoms with E-state index in [1.165, 1.54) is 19.3 Å². The molecule has 0 bridgehead atoms. The van der Waals surface area contributed by atoms with Gasteiger partial charge in [-0.3, -0.25) is 4.40 Å². The summed E-state index contributed by atoms with van der Waals surface area (Å²) in [6.45, 7) is 7.85. The van der Waals surface area contributed by atoms with Crippen LogP contribution < -0.4 is 10.6 Å². The Balaban J connectivity index is 1.98. The van der Waals surface area contributed by atoms with Crippen LogP contribution in [0.3, 0.4) is 0 Å². The Morgan fingerprint density at radius 2 is 2.13 bits per heavy atom. The van der Waals surface area contributed by atoms with E-state index in [2.05, 4.69) is 46.6 Å². The number of guanidine groups is 1. The van der Waals surface area contributed by atoms with Crippen molar-refractivity contribution in [1.29, 1.82) is 0 Å². The quantitative estimate of drug-likeness (QED) is 0.446. The van der Waals surface area contributed by atoms with Crippen LogP contribution in [-0.4, -0.2) is 33.1 Å². The van der Waals surface area contributed by atoms with Gasteiger partial charge in [0.1, 0.15) is 6.54 Å². The van der Waals surface area contributed by atoms with Crippen LogP contribution in [0.15, 0.2) is 29.4 Å². The summed E-state index contributed by atoms with van der Waals surface area (Å²) >= 11 is 0. The van der Waals surface area contributed by atoms with Gasteiger partial charge in [-0.05, 0) is 32.4 Å². The highest BCUT2D eigenvalue weighted by molar-refractivity contribution is 5.79. The topological polar surface area (TPSA) is 66.6 Å². The summed E-state index contributed by atoms with van der Waals surface area (Å²) in [6.07, 6.45) is 6.91. The van der Waals surface area contributed by atoms with Gasteiger partial charge in [0.25, 0.3) is 0 Å². The molecule has 0 aliphatic carbocycles. The number of aromatic nitrogens is 3. The largest absolute Gasteiger partial charge is 0.357 e. The van der Waals surface area contributed by atoms with Crippen molar-refractivity contribution in [1.82, 2.24) is 25.2 Å². The number of fused-ring (bicyclic) bond motifs is 1. The fraction of sp³-hybridized carbons (Fsp3) is 0.588. The van der Waals surface area contributed by atoms with Crippen LogP contribution in [0.25, 0.3) is 5.65 Å². The lowest BCUT2D eigenvalue weighted by Crippen LogP contribution is -2.42. The van der Waals surface area contributed by atoms with Gasteiger partial charge in [0.2, 0.25) is 0 Å². The Morgan fingerprint density at radius 1 is 1.26 bits per heavy atom. The first-order chi connectivity index (χ1) is 11.2. The van der Waals surface area contributed by atoms with Gasteiger partial charge < -0.3 is 10.6 Å². The molecule has 6 heteroatoms. The van der Waals surface area contributed by atoms with Crippen molar-refractivity contribution in [2.75, 3.05) is 6.54 Å². The average Bonchev–Trinajstić information content (AvgIpc) is 2.96. The SMILES string of the molecule is CCCCCC(C)NC(=NCc1nnc2ccccn12)NCC. The number of aliphatic imine (C=N–C) groups is 1. The summed E-state index contributed by atoms with van der Waals surface area (Å²) in [5.41, 5.74) is 0.851. The zero-order valence-corrected chi connectivity index (χ0v) is 14.4. The molecule has 0 saturated carbocycles. The molecule has 2 rings (SSSR count). The standard InChI is InChI=1S/C17H28N6/c1-4-6-7-10-14(3)20-17(18-5-2)19-13-16-22-21-15-11-8-9-12-23(15)16/h8-9,11-12,14H,4-7,10,13H2,1-3H3,(H2,18,19,20). The summed E-state index contributed by atoms with van der Waals surface area (Å²) in [7, 11) is 0. The Bertz CT molecular complexity index is 618. The molecule has 0 saturated heterocycles. The Labute approximate surface area is 138 Å². The highest BCUT2D eigenvalue weighted by Gasteiger charge is 2.07. The summed E-state index contributed by atoms with van der Waals surface area (Å²) in [4.78, 5) is 4.65. The van der Waals surface area contributed by atoms with E-state index in [9.17, 15) is 0 Å². The van der Waals surface area contributed by atoms with E-state index in [-0.39, 0.29) is 0 Å². The first-order valence-electron chi connectivity index (χ1n) is 8.58. The lowest BCUT2D eigenvalue weighted by Gasteiger charge is -2.17. The molecule has 0 amide bonds. The van der Waals surface area contributed by atoms with E-state index in [0.717, 1.165) is 30.4 Å². The first kappa shape index (κ1) is 17.2. The Morgan fingerprint density at radius 3 is 2.91 bits per heavy atom. The van der Waals surface area contributed by atoms with Gasteiger partial charge in [0.15, 0.2) is 17.4 Å². The maximum Gasteiger partial charge on any atom is 0.191 e. The van der Waals surface area contributed by atoms with E-state index in [4.69, 9.17) is 0 Å². The molecular weight excluding hydrogens is 288 g/mol. The Kier molecular flexibility index (Phi) is 6.84. The minimum Gasteiger partial charge on any atom is -0.357 e. The number of hydrogen-bond donors (Lipinski definition) is 2. The van der Waals surface area contributed by atoms with Crippen LogP contribution in [0.5, 0.6) is 0 Å². The number of unbranched alkanes of at least 4 members (excludes halogenated alkanes) is 2. The highest BCUT2D eigenvalue weighted by Crippen LogP contribution is 2.05. The summed E-state index contributed by atoms with van der Waals surface area (Å²) in [5, 5.41) is 15.1. The predicted octanol–water partition coefficient (Wildman–Crippen LogP) is 2.75. The summed E-state index contributed by atoms with van der Waals surface area (Å²) in [6, 6.07) is 6.29. The van der Waals surface area contributed by atoms with Crippen LogP contribution in [0, 0.1) is 0 Å². The third-order valence-corrected chi connectivity index (χ3v) is 3.73. The molecule has 0 radical (unpaired) electrons. The molecule has 126 valence electrons. The average molecular weight is 316 g/mol. The van der Waals surface area contributed by atoms with Crippen LogP contribution in [-0.2, 0) is 6.54 Å². The number of pyridine rings is 1. The lowest BCUT2D eigenvalue weighted by molar-refractivity contribution is 0.546. The molecule has 0 fully saturated rings. The maximum absolute atomic E-state index is 4.65. The molecule has 2 aromatic heterocycles. The second-order valence-electron chi connectivity index (χ2n) is 5.78. The van der Waals surface area contributed by atoms with Crippen molar-refractivity contribution in [2.24, 2.45) is 4.99 Å². The number of hydrogen-bond acceptors (Lipinski definition) is 3. The maximum atomic E-state index is 4.65. The smallest absolute Gasteiger partial charge is 0.191 e. The highest BCUT2D eigenvalue weighted by atomic mass is 15.3. The van der Waals surface area contributed by atoms with Crippen molar-refractivity contribution >= 4 is 11.6 Å². The van der Waals surface area contributed by atoms with Gasteiger partial charge in [-0.15, -0.1) is 10.2 Å². The Hall–Kier alpha value is -2.11. The molecule has 2 N–H and O–H groups in total. The fourth-order valence-electron chi connectivity index (χ4n) is 2.47. The molecule has 0 aliphatic heterocycles. The molecule has 2 heterocycles. The normalized spacial score (nSPS) is 13.3. The number of nitrogens with one attached hydrogen (secondary N) is 2. The van der Waals surface area contributed by atoms with Gasteiger partial charge >= 0.3 is 0 Å². The molecule has 0 aromatic carbocycles. The van der Waals surface area contributed by atoms with Crippen LogP contribution in [0.4, 0.5) is 0 Å². The van der Waals surface area contributed by atoms with E-state index in [1.54, 1.807) is 0 Å². The van der Waals surface area contributed by atoms with Crippen LogP contribution in [0.2, 0.25) is 0 Å². The fourth-order valence-corrected chi connectivity index (χ4v) is 2.47. The minimum atomic E-state index is 0.412. The third-order valence-electron chi connectivity index (χ3n) is 3.73. The van der Waals surface area contributed by atoms with Gasteiger partial charge in [0, 0.05) is 18.8 Å². The number of rotatable bonds is 8. The van der Waals surface area contributed by atoms with Crippen LogP contribution in [0.1, 0.15) is 52.3 Å². The first-order valence-corrected chi connectivity index (χ1v) is 8.58. The molecule has 0 aliphatic rings. The van der Waals surface area contributed by atoms with Crippen molar-refractivity contribution in [3.8, 4) is 0 Å². The van der Waals surface area contributed by atoms with Gasteiger partial charge in [-0.25, -0.2) is 4.99 Å². The second-order valence-corrected chi connectivity index (χ2v) is 5.78. The summed E-state index contributed by atoms with van der Waals surface area (Å²) < 4.78 is 1.97. The van der Waals surface area contributed by atoms with Crippen molar-refractivity contribution in [2.45, 2.75) is 59.0 Å². The zero-order chi connectivity index (χ0) is 16.5. The predicted molar refractivity (Wildman–Crippen MR) is 94.5 cm³/mol. The van der Waals surface area contributed by atoms with Crippen molar-refractivity contribution in [3.63, 3.8) is 0 Å². The van der Waals surface area contributed by atoms with Crippen LogP contribution >= 0.6 is 0 Å². The van der Waals surface area contributed by atoms with E-state index in [1.807, 2.05) is 28.8 Å². The van der Waals surface area contributed by atoms with Crippen molar-refractivity contribution < 1.29 is 0 Å². The monoisotopic (exact) mass is 316 g/mol. The van der Waals surface area contributed by atoms with Gasteiger partial charge in [-0.1, -0.05) is 32.3 Å². The zero-order valence-electron chi connectivity index (χ0n) is 14.4. The third kappa shape index (κ3) is 5.23. The molecule has 2 aromatic rings. The molecular formula is C17H28N6. The van der Waals surface area contributed by atoms with E-state index in [0.29, 0.717) is 12.6 Å². The van der Waals surface area contributed by atoms with Crippen molar-refractivity contribution in [3.05, 3.63) is 30.2 Å². The molecule has 1 atom stereocenters. The molecule has 0 spiro atoms. The second kappa shape index (κ2) is 9.12. The summed E-state index contributed by atoms with van der Waals surface area (Å²) in [5.74, 6) is 1.68. The van der Waals surface area contributed by atoms with Gasteiger partial charge in [-0.2, -0.15) is 0 Å². The molecule has 23 heavy (non-hydrogen) atoms. The minimum absolute atomic E-state index is 0.412. The molecule has 6 nitrogen and oxygen atoms in total. The lowest BCUT2D eigenvalue weighted by atomic mass is 10.1. The van der Waals surface area contributed by atoms with E-state index >= 15 is 0 Å². The number of nitrogens with zero attached hydrogens (tertiary/aromatic N) is 4. The van der Waals surface area contributed by atoms with Gasteiger partial charge in [0.05, 0.1) is 0 Å². The van der Waals surface area contributed by atoms with E-state index < -0.39 is 0 Å².